The first-order chi connectivity index (χ1) is 27.4. The number of rotatable bonds is 41. The third-order valence-electron chi connectivity index (χ3n) is 9.22. The van der Waals surface area contributed by atoms with Gasteiger partial charge >= 0.3 is 0 Å². The molecule has 0 spiro atoms. The van der Waals surface area contributed by atoms with Crippen LogP contribution in [-0.4, -0.2) is 169 Å². The van der Waals surface area contributed by atoms with Crippen LogP contribution in [0.3, 0.4) is 0 Å². The number of nitrogens with one attached hydrogen (secondary N) is 2. The Morgan fingerprint density at radius 2 is 0.911 bits per heavy atom. The molecule has 16 nitrogen and oxygen atoms in total. The van der Waals surface area contributed by atoms with E-state index < -0.39 is 37.3 Å². The minimum atomic E-state index is -1.49. The molecule has 0 aromatic rings. The number of aliphatic hydroxyl groups excluding tert-OH is 4. The molecule has 1 rings (SSSR count). The molecular weight excluding hydrogens is 732 g/mol. The van der Waals surface area contributed by atoms with Crippen molar-refractivity contribution >= 4 is 11.8 Å². The Labute approximate surface area is 335 Å². The van der Waals surface area contributed by atoms with Gasteiger partial charge in [-0.1, -0.05) is 96.8 Å². The van der Waals surface area contributed by atoms with Crippen molar-refractivity contribution in [1.82, 2.24) is 10.6 Å². The van der Waals surface area contributed by atoms with Gasteiger partial charge in [-0.3, -0.25) is 9.59 Å². The fraction of sp³-hybridized carbons (Fsp3) is 0.950. The Bertz CT molecular complexity index is 890. The predicted octanol–water partition coefficient (Wildman–Crippen LogP) is 2.40. The maximum Gasteiger partial charge on any atom is 0.246 e. The zero-order valence-electron chi connectivity index (χ0n) is 34.4. The topological polar surface area (TPSA) is 213 Å². The number of carbonyl (C=O) groups is 2. The first kappa shape index (κ1) is 52.5. The first-order valence-electron chi connectivity index (χ1n) is 21.3. The number of ether oxygens (including phenoxy) is 8. The molecule has 0 aromatic heterocycles. The molecule has 1 aliphatic rings. The Hall–Kier alpha value is -1.54. The van der Waals surface area contributed by atoms with E-state index in [-0.39, 0.29) is 38.2 Å². The number of hydrogen-bond acceptors (Lipinski definition) is 14. The summed E-state index contributed by atoms with van der Waals surface area (Å²) in [5, 5.41) is 44.3. The van der Waals surface area contributed by atoms with Gasteiger partial charge in [0.15, 0.2) is 6.29 Å². The standard InChI is InChI=1S/C40H78N2O14/c1-2-3-4-5-6-7-8-9-10-11-12-13-14-15-16-17-35(44)41-18-20-49-23-25-52-28-29-54-33-36(45)42-19-21-50-22-24-51-26-27-53-30-31-55-40-39(48)38(47)37(46)34(32-43)56-40/h34,37-40,43,46-48H,2-33H2,1H3,(H,41,44)(H,42,45)/t34-,37-,38+,39+,40+/m1/s1. The van der Waals surface area contributed by atoms with Crippen LogP contribution in [0.1, 0.15) is 110 Å². The number of carbonyl (C=O) groups excluding carboxylic acids is 2. The summed E-state index contributed by atoms with van der Waals surface area (Å²) in [4.78, 5) is 23.9. The van der Waals surface area contributed by atoms with E-state index >= 15 is 0 Å². The monoisotopic (exact) mass is 811 g/mol. The van der Waals surface area contributed by atoms with Crippen LogP contribution in [-0.2, 0) is 47.5 Å². The maximum absolute atomic E-state index is 12.0. The smallest absolute Gasteiger partial charge is 0.246 e. The highest BCUT2D eigenvalue weighted by atomic mass is 16.7. The molecule has 0 aliphatic carbocycles. The molecule has 332 valence electrons. The fourth-order valence-electron chi connectivity index (χ4n) is 5.90. The van der Waals surface area contributed by atoms with Crippen molar-refractivity contribution in [2.75, 3.05) is 106 Å². The molecule has 2 amide bonds. The van der Waals surface area contributed by atoms with Crippen molar-refractivity contribution in [3.8, 4) is 0 Å². The Kier molecular flexibility index (Phi) is 36.5. The van der Waals surface area contributed by atoms with Crippen molar-refractivity contribution in [2.45, 2.75) is 140 Å². The molecule has 5 atom stereocenters. The zero-order valence-corrected chi connectivity index (χ0v) is 34.4. The molecule has 0 bridgehead atoms. The molecule has 1 saturated heterocycles. The van der Waals surface area contributed by atoms with Gasteiger partial charge in [-0.05, 0) is 6.42 Å². The fourth-order valence-corrected chi connectivity index (χ4v) is 5.90. The molecule has 6 N–H and O–H groups in total. The lowest BCUT2D eigenvalue weighted by Crippen LogP contribution is -2.59. The summed E-state index contributed by atoms with van der Waals surface area (Å²) >= 11 is 0. The summed E-state index contributed by atoms with van der Waals surface area (Å²) in [5.41, 5.74) is 0. The van der Waals surface area contributed by atoms with Crippen LogP contribution in [0.2, 0.25) is 0 Å². The van der Waals surface area contributed by atoms with E-state index in [0.29, 0.717) is 79.0 Å². The van der Waals surface area contributed by atoms with Crippen LogP contribution in [0.4, 0.5) is 0 Å². The van der Waals surface area contributed by atoms with E-state index in [1.807, 2.05) is 0 Å². The number of amides is 2. The van der Waals surface area contributed by atoms with Crippen LogP contribution in [0, 0.1) is 0 Å². The second-order valence-corrected chi connectivity index (χ2v) is 14.1. The van der Waals surface area contributed by atoms with E-state index in [1.165, 1.54) is 83.5 Å². The summed E-state index contributed by atoms with van der Waals surface area (Å²) in [6.45, 7) is 6.29. The second kappa shape index (κ2) is 38.9. The molecule has 16 heteroatoms. The SMILES string of the molecule is CCCCCCCCCCCCCCCCCC(=O)NCCOCCOCCOCC(=O)NCCOCCOCCOCCO[C@H]1O[C@H](CO)[C@@H](O)[C@H](O)[C@@H]1O. The van der Waals surface area contributed by atoms with Gasteiger partial charge in [-0.15, -0.1) is 0 Å². The summed E-state index contributed by atoms with van der Waals surface area (Å²) in [6, 6.07) is 0. The highest BCUT2D eigenvalue weighted by Crippen LogP contribution is 2.22. The van der Waals surface area contributed by atoms with Crippen molar-refractivity contribution in [3.63, 3.8) is 0 Å². The summed E-state index contributed by atoms with van der Waals surface area (Å²) in [7, 11) is 0. The quantitative estimate of drug-likeness (QED) is 0.0490. The van der Waals surface area contributed by atoms with Gasteiger partial charge < -0.3 is 69.0 Å². The van der Waals surface area contributed by atoms with E-state index in [9.17, 15) is 30.0 Å². The average molecular weight is 811 g/mol. The van der Waals surface area contributed by atoms with Crippen LogP contribution in [0.5, 0.6) is 0 Å². The summed E-state index contributed by atoms with van der Waals surface area (Å²) in [6.07, 6.45) is 13.7. The number of aliphatic hydroxyl groups is 4. The lowest BCUT2D eigenvalue weighted by molar-refractivity contribution is -0.302. The first-order valence-corrected chi connectivity index (χ1v) is 21.3. The normalized spacial score (nSPS) is 19.7. The molecular formula is C40H78N2O14. The minimum Gasteiger partial charge on any atom is -0.394 e. The van der Waals surface area contributed by atoms with Crippen molar-refractivity contribution < 1.29 is 67.9 Å². The third kappa shape index (κ3) is 30.5. The second-order valence-electron chi connectivity index (χ2n) is 14.1. The van der Waals surface area contributed by atoms with Crippen LogP contribution < -0.4 is 10.6 Å². The maximum atomic E-state index is 12.0. The lowest BCUT2D eigenvalue weighted by Gasteiger charge is -2.39. The molecule has 0 saturated carbocycles. The number of hydrogen-bond donors (Lipinski definition) is 6. The summed E-state index contributed by atoms with van der Waals surface area (Å²) < 4.78 is 43.1. The Morgan fingerprint density at radius 1 is 0.500 bits per heavy atom. The van der Waals surface area contributed by atoms with Crippen molar-refractivity contribution in [1.29, 1.82) is 0 Å². The molecule has 1 fully saturated rings. The third-order valence-corrected chi connectivity index (χ3v) is 9.22. The van der Waals surface area contributed by atoms with Crippen molar-refractivity contribution in [2.24, 2.45) is 0 Å². The van der Waals surface area contributed by atoms with Gasteiger partial charge in [0.25, 0.3) is 0 Å². The zero-order chi connectivity index (χ0) is 40.7. The van der Waals surface area contributed by atoms with E-state index in [1.54, 1.807) is 0 Å². The van der Waals surface area contributed by atoms with Crippen LogP contribution in [0.25, 0.3) is 0 Å². The van der Waals surface area contributed by atoms with Gasteiger partial charge in [0.2, 0.25) is 11.8 Å². The molecule has 1 heterocycles. The van der Waals surface area contributed by atoms with Crippen molar-refractivity contribution in [3.05, 3.63) is 0 Å². The van der Waals surface area contributed by atoms with Crippen LogP contribution in [0.15, 0.2) is 0 Å². The van der Waals surface area contributed by atoms with E-state index in [0.717, 1.165) is 12.8 Å². The Morgan fingerprint density at radius 3 is 1.39 bits per heavy atom. The summed E-state index contributed by atoms with van der Waals surface area (Å²) in [5.74, 6) is -0.165. The van der Waals surface area contributed by atoms with Crippen LogP contribution >= 0.6 is 0 Å². The van der Waals surface area contributed by atoms with Gasteiger partial charge in [0, 0.05) is 19.5 Å². The predicted molar refractivity (Wildman–Crippen MR) is 210 cm³/mol. The van der Waals surface area contributed by atoms with Gasteiger partial charge in [-0.25, -0.2) is 0 Å². The minimum absolute atomic E-state index is 0.0647. The molecule has 0 radical (unpaired) electrons. The molecule has 0 unspecified atom stereocenters. The highest BCUT2D eigenvalue weighted by Gasteiger charge is 2.43. The van der Waals surface area contributed by atoms with E-state index in [2.05, 4.69) is 17.6 Å². The molecule has 56 heavy (non-hydrogen) atoms. The van der Waals surface area contributed by atoms with Gasteiger partial charge in [-0.2, -0.15) is 0 Å². The lowest BCUT2D eigenvalue weighted by atomic mass is 9.99. The molecule has 1 aliphatic heterocycles. The average Bonchev–Trinajstić information content (AvgIpc) is 3.20. The van der Waals surface area contributed by atoms with E-state index in [4.69, 9.17) is 37.9 Å². The van der Waals surface area contributed by atoms with Gasteiger partial charge in [0.1, 0.15) is 31.0 Å². The number of unbranched alkanes of at least 4 members (excludes halogenated alkanes) is 14. The highest BCUT2D eigenvalue weighted by molar-refractivity contribution is 5.77. The Balaban J connectivity index is 1.74. The molecule has 0 aromatic carbocycles. The largest absolute Gasteiger partial charge is 0.394 e. The van der Waals surface area contributed by atoms with Gasteiger partial charge in [0.05, 0.1) is 85.9 Å².